The predicted molar refractivity (Wildman–Crippen MR) is 57.5 cm³/mol. The van der Waals surface area contributed by atoms with Crippen LogP contribution in [-0.4, -0.2) is 17.2 Å². The second kappa shape index (κ2) is 4.33. The highest BCUT2D eigenvalue weighted by Crippen LogP contribution is 2.31. The van der Waals surface area contributed by atoms with Gasteiger partial charge in [-0.15, -0.1) is 11.8 Å². The molecule has 2 heteroatoms. The van der Waals surface area contributed by atoms with E-state index in [0.717, 1.165) is 0 Å². The Balaban J connectivity index is 2.26. The Morgan fingerprint density at radius 3 is 2.83 bits per heavy atom. The van der Waals surface area contributed by atoms with Crippen molar-refractivity contribution in [1.29, 1.82) is 0 Å². The fourth-order valence-corrected chi connectivity index (χ4v) is 2.56. The van der Waals surface area contributed by atoms with E-state index in [0.29, 0.717) is 4.87 Å². The maximum absolute atomic E-state index is 3.54. The molecule has 1 rings (SSSR count). The molecule has 1 nitrogen and oxygen atoms in total. The van der Waals surface area contributed by atoms with Crippen LogP contribution in [0.15, 0.2) is 11.6 Å². The minimum Gasteiger partial charge on any atom is -0.302 e. The molecular formula is C10H19NS. The molecule has 1 aliphatic heterocycles. The lowest BCUT2D eigenvalue weighted by atomic mass is 10.1. The second-order valence-electron chi connectivity index (χ2n) is 3.83. The lowest BCUT2D eigenvalue weighted by Crippen LogP contribution is -2.33. The summed E-state index contributed by atoms with van der Waals surface area (Å²) < 4.78 is 0. The molecule has 0 bridgehead atoms. The summed E-state index contributed by atoms with van der Waals surface area (Å²) in [6.07, 6.45) is 4.79. The molecule has 1 saturated heterocycles. The summed E-state index contributed by atoms with van der Waals surface area (Å²) in [7, 11) is 0. The molecule has 70 valence electrons. The van der Waals surface area contributed by atoms with Crippen LogP contribution in [0.3, 0.4) is 0 Å². The van der Waals surface area contributed by atoms with Gasteiger partial charge in [0.05, 0.1) is 4.87 Å². The molecule has 0 aromatic heterocycles. The third-order valence-corrected chi connectivity index (χ3v) is 3.59. The summed E-state index contributed by atoms with van der Waals surface area (Å²) in [4.78, 5) is 0.353. The van der Waals surface area contributed by atoms with Crippen molar-refractivity contribution in [2.75, 3.05) is 12.3 Å². The van der Waals surface area contributed by atoms with Crippen LogP contribution >= 0.6 is 11.8 Å². The summed E-state index contributed by atoms with van der Waals surface area (Å²) >= 11 is 2.06. The average molecular weight is 185 g/mol. The Hall–Kier alpha value is 0.0500. The van der Waals surface area contributed by atoms with E-state index < -0.39 is 0 Å². The van der Waals surface area contributed by atoms with Crippen LogP contribution in [0.5, 0.6) is 0 Å². The van der Waals surface area contributed by atoms with Crippen LogP contribution in [0.25, 0.3) is 0 Å². The largest absolute Gasteiger partial charge is 0.302 e. The molecule has 1 N–H and O–H groups in total. The lowest BCUT2D eigenvalue weighted by Gasteiger charge is -2.22. The minimum atomic E-state index is 0.353. The molecular weight excluding hydrogens is 166 g/mol. The van der Waals surface area contributed by atoms with E-state index in [1.165, 1.54) is 30.7 Å². The van der Waals surface area contributed by atoms with E-state index in [4.69, 9.17) is 0 Å². The quantitative estimate of drug-likeness (QED) is 0.679. The number of thioether (sulfide) groups is 1. The van der Waals surface area contributed by atoms with Gasteiger partial charge in [0.25, 0.3) is 0 Å². The van der Waals surface area contributed by atoms with E-state index >= 15 is 0 Å². The minimum absolute atomic E-state index is 0.353. The smallest absolute Gasteiger partial charge is 0.0620 e. The van der Waals surface area contributed by atoms with Crippen molar-refractivity contribution in [3.8, 4) is 0 Å². The second-order valence-corrected chi connectivity index (χ2v) is 5.42. The molecule has 1 atom stereocenters. The van der Waals surface area contributed by atoms with Crippen LogP contribution in [0.2, 0.25) is 0 Å². The van der Waals surface area contributed by atoms with Crippen LogP contribution in [-0.2, 0) is 0 Å². The fraction of sp³-hybridized carbons (Fsp3) is 0.800. The molecule has 0 amide bonds. The van der Waals surface area contributed by atoms with Gasteiger partial charge in [-0.3, -0.25) is 0 Å². The SMILES string of the molecule is CC(C)=CCCC1(C)NCCS1. The Morgan fingerprint density at radius 1 is 1.58 bits per heavy atom. The number of allylic oxidation sites excluding steroid dienone is 2. The number of hydrogen-bond acceptors (Lipinski definition) is 2. The first-order valence-corrected chi connectivity index (χ1v) is 5.63. The maximum atomic E-state index is 3.54. The van der Waals surface area contributed by atoms with Crippen molar-refractivity contribution in [2.24, 2.45) is 0 Å². The third kappa shape index (κ3) is 3.20. The van der Waals surface area contributed by atoms with Gasteiger partial charge in [0.15, 0.2) is 0 Å². The highest BCUT2D eigenvalue weighted by molar-refractivity contribution is 8.00. The first kappa shape index (κ1) is 10.1. The number of nitrogens with one attached hydrogen (secondary N) is 1. The standard InChI is InChI=1S/C10H19NS/c1-9(2)5-4-6-10(3)11-7-8-12-10/h5,11H,4,6-8H2,1-3H3. The van der Waals surface area contributed by atoms with Gasteiger partial charge >= 0.3 is 0 Å². The van der Waals surface area contributed by atoms with Crippen LogP contribution in [0, 0.1) is 0 Å². The van der Waals surface area contributed by atoms with E-state index in [2.05, 4.69) is 43.9 Å². The molecule has 1 aliphatic rings. The molecule has 1 fully saturated rings. The van der Waals surface area contributed by atoms with Gasteiger partial charge in [-0.2, -0.15) is 0 Å². The summed E-state index contributed by atoms with van der Waals surface area (Å²) in [5.41, 5.74) is 1.43. The highest BCUT2D eigenvalue weighted by Gasteiger charge is 2.27. The van der Waals surface area contributed by atoms with Crippen molar-refractivity contribution in [2.45, 2.75) is 38.5 Å². The Labute approximate surface area is 80.0 Å². The molecule has 0 radical (unpaired) electrons. The van der Waals surface area contributed by atoms with Crippen LogP contribution < -0.4 is 5.32 Å². The van der Waals surface area contributed by atoms with Crippen LogP contribution in [0.4, 0.5) is 0 Å². The molecule has 1 heterocycles. The van der Waals surface area contributed by atoms with Gasteiger partial charge < -0.3 is 5.32 Å². The first-order valence-electron chi connectivity index (χ1n) is 4.65. The van der Waals surface area contributed by atoms with Crippen molar-refractivity contribution < 1.29 is 0 Å². The summed E-state index contributed by atoms with van der Waals surface area (Å²) in [5.74, 6) is 1.27. The Kier molecular flexibility index (Phi) is 3.66. The molecule has 0 aromatic rings. The monoisotopic (exact) mass is 185 g/mol. The van der Waals surface area contributed by atoms with Crippen molar-refractivity contribution >= 4 is 11.8 Å². The van der Waals surface area contributed by atoms with Gasteiger partial charge in [-0.25, -0.2) is 0 Å². The molecule has 0 saturated carbocycles. The van der Waals surface area contributed by atoms with E-state index in [1.807, 2.05) is 0 Å². The Morgan fingerprint density at radius 2 is 2.33 bits per heavy atom. The zero-order chi connectivity index (χ0) is 9.03. The molecule has 0 aliphatic carbocycles. The van der Waals surface area contributed by atoms with E-state index in [1.54, 1.807) is 0 Å². The number of hydrogen-bond donors (Lipinski definition) is 1. The van der Waals surface area contributed by atoms with Gasteiger partial charge in [0.2, 0.25) is 0 Å². The summed E-state index contributed by atoms with van der Waals surface area (Å²) in [6.45, 7) is 7.81. The molecule has 1 unspecified atom stereocenters. The Bertz CT molecular complexity index is 165. The van der Waals surface area contributed by atoms with E-state index in [9.17, 15) is 0 Å². The first-order chi connectivity index (χ1) is 5.62. The zero-order valence-electron chi connectivity index (χ0n) is 8.31. The molecule has 0 spiro atoms. The molecule has 0 aromatic carbocycles. The van der Waals surface area contributed by atoms with Gasteiger partial charge in [-0.1, -0.05) is 11.6 Å². The third-order valence-electron chi connectivity index (χ3n) is 2.20. The van der Waals surface area contributed by atoms with Crippen molar-refractivity contribution in [1.82, 2.24) is 5.32 Å². The topological polar surface area (TPSA) is 12.0 Å². The van der Waals surface area contributed by atoms with E-state index in [-0.39, 0.29) is 0 Å². The lowest BCUT2D eigenvalue weighted by molar-refractivity contribution is 0.510. The van der Waals surface area contributed by atoms with Crippen molar-refractivity contribution in [3.05, 3.63) is 11.6 Å². The van der Waals surface area contributed by atoms with Gasteiger partial charge in [0, 0.05) is 12.3 Å². The number of rotatable bonds is 3. The zero-order valence-corrected chi connectivity index (χ0v) is 9.13. The van der Waals surface area contributed by atoms with Gasteiger partial charge in [-0.05, 0) is 33.6 Å². The fourth-order valence-electron chi connectivity index (χ4n) is 1.44. The maximum Gasteiger partial charge on any atom is 0.0620 e. The summed E-state index contributed by atoms with van der Waals surface area (Å²) in [6, 6.07) is 0. The molecule has 12 heavy (non-hydrogen) atoms. The normalized spacial score (nSPS) is 28.9. The van der Waals surface area contributed by atoms with Crippen LogP contribution in [0.1, 0.15) is 33.6 Å². The average Bonchev–Trinajstić information content (AvgIpc) is 2.35. The highest BCUT2D eigenvalue weighted by atomic mass is 32.2. The van der Waals surface area contributed by atoms with Gasteiger partial charge in [0.1, 0.15) is 0 Å². The summed E-state index contributed by atoms with van der Waals surface area (Å²) in [5, 5.41) is 3.54. The predicted octanol–water partition coefficient (Wildman–Crippen LogP) is 2.79. The van der Waals surface area contributed by atoms with Crippen molar-refractivity contribution in [3.63, 3.8) is 0 Å².